The first-order chi connectivity index (χ1) is 11.1. The van der Waals surface area contributed by atoms with Gasteiger partial charge in [-0.25, -0.2) is 0 Å². The van der Waals surface area contributed by atoms with E-state index in [1.165, 1.54) is 11.8 Å². The number of rotatable bonds is 4. The lowest BCUT2D eigenvalue weighted by atomic mass is 10.1. The Bertz CT molecular complexity index is 763. The summed E-state index contributed by atoms with van der Waals surface area (Å²) in [6.45, 7) is 2.58. The van der Waals surface area contributed by atoms with Gasteiger partial charge in [-0.2, -0.15) is 0 Å². The molecule has 2 aromatic carbocycles. The first-order valence-electron chi connectivity index (χ1n) is 7.57. The van der Waals surface area contributed by atoms with Crippen molar-refractivity contribution in [2.24, 2.45) is 0 Å². The Morgan fingerprint density at radius 2 is 1.87 bits per heavy atom. The van der Waals surface area contributed by atoms with Crippen molar-refractivity contribution in [1.82, 2.24) is 0 Å². The van der Waals surface area contributed by atoms with E-state index in [1.807, 2.05) is 57.4 Å². The number of hydrogen-bond donors (Lipinski definition) is 0. The molecule has 0 unspecified atom stereocenters. The van der Waals surface area contributed by atoms with E-state index >= 15 is 0 Å². The van der Waals surface area contributed by atoms with E-state index in [0.717, 1.165) is 32.4 Å². The molecule has 1 aliphatic heterocycles. The van der Waals surface area contributed by atoms with E-state index in [0.29, 0.717) is 6.61 Å². The first-order valence-corrected chi connectivity index (χ1v) is 8.38. The second-order valence-electron chi connectivity index (χ2n) is 5.52. The van der Waals surface area contributed by atoms with Crippen molar-refractivity contribution in [3.8, 4) is 5.75 Å². The maximum Gasteiger partial charge on any atom is 0.200 e. The van der Waals surface area contributed by atoms with Crippen LogP contribution in [0.2, 0.25) is 0 Å². The van der Waals surface area contributed by atoms with Crippen LogP contribution in [0.25, 0.3) is 6.08 Å². The molecule has 23 heavy (non-hydrogen) atoms. The normalized spacial score (nSPS) is 14.9. The number of anilines is 1. The first kappa shape index (κ1) is 15.7. The minimum atomic E-state index is 0.0877. The zero-order chi connectivity index (χ0) is 16.4. The van der Waals surface area contributed by atoms with Crippen LogP contribution in [0.4, 0.5) is 5.69 Å². The highest BCUT2D eigenvalue weighted by molar-refractivity contribution is 8.04. The Labute approximate surface area is 141 Å². The van der Waals surface area contributed by atoms with Gasteiger partial charge in [0.1, 0.15) is 5.75 Å². The van der Waals surface area contributed by atoms with Gasteiger partial charge in [0.05, 0.1) is 11.5 Å². The maximum absolute atomic E-state index is 12.5. The lowest BCUT2D eigenvalue weighted by Gasteiger charge is -2.11. The summed E-state index contributed by atoms with van der Waals surface area (Å²) in [6, 6.07) is 13.8. The number of fused-ring (bicyclic) bond motifs is 1. The van der Waals surface area contributed by atoms with Gasteiger partial charge in [0.15, 0.2) is 0 Å². The second kappa shape index (κ2) is 6.50. The summed E-state index contributed by atoms with van der Waals surface area (Å²) in [5.74, 6) is 0.896. The van der Waals surface area contributed by atoms with Gasteiger partial charge in [-0.05, 0) is 48.9 Å². The van der Waals surface area contributed by atoms with Crippen molar-refractivity contribution in [3.63, 3.8) is 0 Å². The molecule has 0 saturated carbocycles. The van der Waals surface area contributed by atoms with Crippen LogP contribution in [0.15, 0.2) is 52.3 Å². The molecule has 0 radical (unpaired) electrons. The van der Waals surface area contributed by atoms with E-state index in [-0.39, 0.29) is 5.78 Å². The third kappa shape index (κ3) is 3.27. The van der Waals surface area contributed by atoms with Crippen LogP contribution < -0.4 is 9.64 Å². The molecule has 0 N–H and O–H groups in total. The van der Waals surface area contributed by atoms with Gasteiger partial charge < -0.3 is 9.64 Å². The summed E-state index contributed by atoms with van der Waals surface area (Å²) in [5.41, 5.74) is 2.93. The molecule has 0 aliphatic carbocycles. The number of hydrogen-bond acceptors (Lipinski definition) is 4. The lowest BCUT2D eigenvalue weighted by Crippen LogP contribution is -2.07. The van der Waals surface area contributed by atoms with Crippen molar-refractivity contribution in [2.45, 2.75) is 11.8 Å². The molecule has 0 spiro atoms. The summed E-state index contributed by atoms with van der Waals surface area (Å²) >= 11 is 1.51. The maximum atomic E-state index is 12.5. The van der Waals surface area contributed by atoms with Gasteiger partial charge >= 0.3 is 0 Å². The summed E-state index contributed by atoms with van der Waals surface area (Å²) in [6.07, 6.45) is 1.95. The molecule has 1 aliphatic rings. The molecule has 118 valence electrons. The monoisotopic (exact) mass is 325 g/mol. The quantitative estimate of drug-likeness (QED) is 0.775. The number of carbonyl (C=O) groups excluding carboxylic acids is 1. The molecule has 4 heteroatoms. The summed E-state index contributed by atoms with van der Waals surface area (Å²) in [5, 5.41) is 0. The number of allylic oxidation sites excluding steroid dienone is 1. The smallest absolute Gasteiger partial charge is 0.200 e. The molecule has 2 aromatic rings. The molecule has 3 nitrogen and oxygen atoms in total. The molecular formula is C19H19NO2S. The van der Waals surface area contributed by atoms with Gasteiger partial charge in [0, 0.05) is 30.2 Å². The number of nitrogens with zero attached hydrogens (tertiary/aromatic N) is 1. The summed E-state index contributed by atoms with van der Waals surface area (Å²) < 4.78 is 5.51. The van der Waals surface area contributed by atoms with Crippen LogP contribution in [-0.4, -0.2) is 26.5 Å². The number of ketones is 1. The van der Waals surface area contributed by atoms with Crippen molar-refractivity contribution in [3.05, 3.63) is 58.5 Å². The Kier molecular flexibility index (Phi) is 4.44. The van der Waals surface area contributed by atoms with E-state index in [4.69, 9.17) is 4.74 Å². The fourth-order valence-electron chi connectivity index (χ4n) is 2.44. The van der Waals surface area contributed by atoms with Crippen LogP contribution >= 0.6 is 11.8 Å². The zero-order valence-corrected chi connectivity index (χ0v) is 14.3. The largest absolute Gasteiger partial charge is 0.494 e. The van der Waals surface area contributed by atoms with Crippen molar-refractivity contribution in [1.29, 1.82) is 0 Å². The molecule has 0 fully saturated rings. The highest BCUT2D eigenvalue weighted by Crippen LogP contribution is 2.42. The highest BCUT2D eigenvalue weighted by atomic mass is 32.2. The SMILES string of the molecule is CCOc1ccc2c(c1)S/C(=C\c1ccc(N(C)C)cc1)C2=O. The summed E-state index contributed by atoms with van der Waals surface area (Å²) in [7, 11) is 4.02. The molecule has 3 rings (SSSR count). The number of carbonyl (C=O) groups is 1. The van der Waals surface area contributed by atoms with Crippen LogP contribution in [0.3, 0.4) is 0 Å². The van der Waals surface area contributed by atoms with E-state index in [2.05, 4.69) is 17.0 Å². The van der Waals surface area contributed by atoms with E-state index < -0.39 is 0 Å². The Morgan fingerprint density at radius 1 is 1.13 bits per heavy atom. The van der Waals surface area contributed by atoms with E-state index in [1.54, 1.807) is 0 Å². The molecule has 0 amide bonds. The van der Waals surface area contributed by atoms with Gasteiger partial charge in [0.25, 0.3) is 0 Å². The Hall–Kier alpha value is -2.20. The third-order valence-electron chi connectivity index (χ3n) is 3.66. The van der Waals surface area contributed by atoms with Crippen molar-refractivity contribution >= 4 is 29.3 Å². The highest BCUT2D eigenvalue weighted by Gasteiger charge is 2.26. The van der Waals surface area contributed by atoms with Gasteiger partial charge in [-0.15, -0.1) is 0 Å². The van der Waals surface area contributed by atoms with E-state index in [9.17, 15) is 4.79 Å². The number of Topliss-reactive ketones (excluding diaryl/α,β-unsaturated/α-hetero) is 1. The van der Waals surface area contributed by atoms with Crippen LogP contribution in [0.1, 0.15) is 22.8 Å². The standard InChI is InChI=1S/C19H19NO2S/c1-4-22-15-9-10-16-17(12-15)23-18(19(16)21)11-13-5-7-14(8-6-13)20(2)3/h5-12H,4H2,1-3H3/b18-11-. The van der Waals surface area contributed by atoms with Crippen LogP contribution in [0, 0.1) is 0 Å². The summed E-state index contributed by atoms with van der Waals surface area (Å²) in [4.78, 5) is 16.3. The Balaban J connectivity index is 1.85. The van der Waals surface area contributed by atoms with Gasteiger partial charge in [0.2, 0.25) is 5.78 Å². The number of benzene rings is 2. The second-order valence-corrected chi connectivity index (χ2v) is 6.60. The molecule has 0 aromatic heterocycles. The molecule has 1 heterocycles. The van der Waals surface area contributed by atoms with Gasteiger partial charge in [-0.3, -0.25) is 4.79 Å². The van der Waals surface area contributed by atoms with Crippen LogP contribution in [0.5, 0.6) is 5.75 Å². The molecule has 0 bridgehead atoms. The molecule has 0 atom stereocenters. The third-order valence-corrected chi connectivity index (χ3v) is 4.74. The fraction of sp³-hybridized carbons (Fsp3) is 0.211. The predicted molar refractivity (Wildman–Crippen MR) is 96.5 cm³/mol. The predicted octanol–water partition coefficient (Wildman–Crippen LogP) is 4.48. The molecule has 0 saturated heterocycles. The van der Waals surface area contributed by atoms with Gasteiger partial charge in [-0.1, -0.05) is 23.9 Å². The lowest BCUT2D eigenvalue weighted by molar-refractivity contribution is 0.104. The van der Waals surface area contributed by atoms with Crippen molar-refractivity contribution in [2.75, 3.05) is 25.6 Å². The zero-order valence-electron chi connectivity index (χ0n) is 13.5. The number of ether oxygens (including phenoxy) is 1. The average Bonchev–Trinajstić information content (AvgIpc) is 2.84. The Morgan fingerprint density at radius 3 is 2.52 bits per heavy atom. The van der Waals surface area contributed by atoms with Crippen LogP contribution in [-0.2, 0) is 0 Å². The number of thioether (sulfide) groups is 1. The minimum Gasteiger partial charge on any atom is -0.494 e. The topological polar surface area (TPSA) is 29.5 Å². The molecular weight excluding hydrogens is 306 g/mol. The average molecular weight is 325 g/mol. The fourth-order valence-corrected chi connectivity index (χ4v) is 3.52. The minimum absolute atomic E-state index is 0.0877. The van der Waals surface area contributed by atoms with Crippen molar-refractivity contribution < 1.29 is 9.53 Å².